The number of fused-ring (bicyclic) bond motifs is 1. The summed E-state index contributed by atoms with van der Waals surface area (Å²) in [6.45, 7) is 12.6. The number of hydrogen-bond donors (Lipinski definition) is 1. The number of ether oxygens (including phenoxy) is 1. The van der Waals surface area contributed by atoms with Crippen LogP contribution in [0.25, 0.3) is 0 Å². The second-order valence-electron chi connectivity index (χ2n) is 8.19. The van der Waals surface area contributed by atoms with Crippen LogP contribution in [0.3, 0.4) is 0 Å². The zero-order valence-corrected chi connectivity index (χ0v) is 18.1. The maximum Gasteiger partial charge on any atom is 0.254 e. The Morgan fingerprint density at radius 1 is 1.14 bits per heavy atom. The maximum absolute atomic E-state index is 13.1. The summed E-state index contributed by atoms with van der Waals surface area (Å²) in [6, 6.07) is 9.65. The first-order valence-electron chi connectivity index (χ1n) is 10.1. The summed E-state index contributed by atoms with van der Waals surface area (Å²) < 4.78 is 6.10. The number of benzene rings is 2. The second-order valence-corrected chi connectivity index (χ2v) is 8.19. The third-order valence-corrected chi connectivity index (χ3v) is 5.28. The fourth-order valence-electron chi connectivity index (χ4n) is 4.04. The van der Waals surface area contributed by atoms with Crippen molar-refractivity contribution in [2.45, 2.75) is 53.5 Å². The molecule has 29 heavy (non-hydrogen) atoms. The lowest BCUT2D eigenvalue weighted by Crippen LogP contribution is -2.38. The van der Waals surface area contributed by atoms with Gasteiger partial charge in [0.25, 0.3) is 5.91 Å². The molecule has 1 atom stereocenters. The first kappa shape index (κ1) is 20.9. The number of amides is 2. The Morgan fingerprint density at radius 3 is 2.52 bits per heavy atom. The molecule has 0 radical (unpaired) electrons. The molecule has 2 aromatic rings. The zero-order valence-electron chi connectivity index (χ0n) is 18.1. The molecule has 154 valence electrons. The fourth-order valence-corrected chi connectivity index (χ4v) is 4.04. The minimum atomic E-state index is -0.633. The molecule has 2 aromatic carbocycles. The number of nitrogens with one attached hydrogen (secondary N) is 1. The van der Waals surface area contributed by atoms with E-state index in [1.165, 1.54) is 6.92 Å². The molecule has 3 rings (SSSR count). The fraction of sp³-hybridized carbons (Fsp3) is 0.417. The highest BCUT2D eigenvalue weighted by atomic mass is 16.5. The average Bonchev–Trinajstić information content (AvgIpc) is 2.87. The first-order valence-corrected chi connectivity index (χ1v) is 10.1. The largest absolute Gasteiger partial charge is 0.491 e. The van der Waals surface area contributed by atoms with E-state index >= 15 is 0 Å². The van der Waals surface area contributed by atoms with E-state index in [4.69, 9.17) is 4.74 Å². The molecule has 0 unspecified atom stereocenters. The van der Waals surface area contributed by atoms with Crippen molar-refractivity contribution in [3.8, 4) is 5.75 Å². The molecule has 0 bridgehead atoms. The molecule has 1 aliphatic rings. The van der Waals surface area contributed by atoms with E-state index in [2.05, 4.69) is 37.4 Å². The quantitative estimate of drug-likeness (QED) is 0.793. The van der Waals surface area contributed by atoms with Crippen molar-refractivity contribution in [3.05, 3.63) is 58.1 Å². The predicted octanol–water partition coefficient (Wildman–Crippen LogP) is 4.34. The third kappa shape index (κ3) is 4.29. The predicted molar refractivity (Wildman–Crippen MR) is 116 cm³/mol. The van der Waals surface area contributed by atoms with Crippen molar-refractivity contribution >= 4 is 17.5 Å². The van der Waals surface area contributed by atoms with Crippen molar-refractivity contribution in [1.29, 1.82) is 0 Å². The van der Waals surface area contributed by atoms with Gasteiger partial charge in [0.15, 0.2) is 0 Å². The second kappa shape index (κ2) is 8.27. The zero-order chi connectivity index (χ0) is 21.3. The molecule has 5 nitrogen and oxygen atoms in total. The van der Waals surface area contributed by atoms with Gasteiger partial charge in [0, 0.05) is 12.5 Å². The first-order chi connectivity index (χ1) is 13.7. The Kier molecular flexibility index (Phi) is 5.96. The lowest BCUT2D eigenvalue weighted by molar-refractivity contribution is -0.126. The summed E-state index contributed by atoms with van der Waals surface area (Å²) in [5.74, 6) is 0.897. The normalized spacial score (nSPS) is 15.6. The van der Waals surface area contributed by atoms with Gasteiger partial charge in [0.1, 0.15) is 18.4 Å². The standard InChI is InChI=1S/C24H30N2O3/c1-14(2)19-8-7-15(3)13-21(19)29-10-9-26-23-17(5)11-16(4)12-20(23)22(24(26)28)25-18(6)27/h7-8,11-14,22H,9-10H2,1-6H3,(H,25,27)/t22-/m1/s1. The third-order valence-electron chi connectivity index (χ3n) is 5.28. The van der Waals surface area contributed by atoms with Gasteiger partial charge in [-0.3, -0.25) is 9.59 Å². The van der Waals surface area contributed by atoms with E-state index in [1.807, 2.05) is 32.9 Å². The highest BCUT2D eigenvalue weighted by Gasteiger charge is 2.38. The van der Waals surface area contributed by atoms with Crippen LogP contribution in [0.4, 0.5) is 5.69 Å². The number of carbonyl (C=O) groups excluding carboxylic acids is 2. The van der Waals surface area contributed by atoms with E-state index in [-0.39, 0.29) is 11.8 Å². The van der Waals surface area contributed by atoms with E-state index in [0.717, 1.165) is 39.3 Å². The number of carbonyl (C=O) groups is 2. The summed E-state index contributed by atoms with van der Waals surface area (Å²) in [7, 11) is 0. The molecule has 5 heteroatoms. The molecule has 0 saturated heterocycles. The number of anilines is 1. The van der Waals surface area contributed by atoms with Gasteiger partial charge in [0.2, 0.25) is 5.91 Å². The van der Waals surface area contributed by atoms with Crippen LogP contribution >= 0.6 is 0 Å². The summed E-state index contributed by atoms with van der Waals surface area (Å²) in [6.07, 6.45) is 0. The van der Waals surface area contributed by atoms with E-state index in [1.54, 1.807) is 4.90 Å². The van der Waals surface area contributed by atoms with Gasteiger partial charge in [0.05, 0.1) is 12.2 Å². The minimum Gasteiger partial charge on any atom is -0.491 e. The molecule has 0 aliphatic carbocycles. The molecule has 2 amide bonds. The van der Waals surface area contributed by atoms with Crippen LogP contribution < -0.4 is 15.0 Å². The number of rotatable bonds is 6. The smallest absolute Gasteiger partial charge is 0.254 e. The van der Waals surface area contributed by atoms with Crippen molar-refractivity contribution in [3.63, 3.8) is 0 Å². The Hall–Kier alpha value is -2.82. The molecule has 1 N–H and O–H groups in total. The maximum atomic E-state index is 13.1. The highest BCUT2D eigenvalue weighted by molar-refractivity contribution is 6.07. The number of hydrogen-bond acceptors (Lipinski definition) is 3. The summed E-state index contributed by atoms with van der Waals surface area (Å²) in [4.78, 5) is 26.5. The van der Waals surface area contributed by atoms with E-state index < -0.39 is 6.04 Å². The van der Waals surface area contributed by atoms with Crippen molar-refractivity contribution in [2.24, 2.45) is 0 Å². The van der Waals surface area contributed by atoms with Gasteiger partial charge in [-0.05, 0) is 49.4 Å². The molecule has 0 fully saturated rings. The molecular weight excluding hydrogens is 364 g/mol. The highest BCUT2D eigenvalue weighted by Crippen LogP contribution is 2.39. The molecule has 0 aromatic heterocycles. The molecule has 0 saturated carbocycles. The van der Waals surface area contributed by atoms with Crippen molar-refractivity contribution in [1.82, 2.24) is 5.32 Å². The average molecular weight is 395 g/mol. The van der Waals surface area contributed by atoms with Crippen LogP contribution in [-0.4, -0.2) is 25.0 Å². The van der Waals surface area contributed by atoms with Crippen molar-refractivity contribution in [2.75, 3.05) is 18.1 Å². The van der Waals surface area contributed by atoms with Crippen LogP contribution in [0, 0.1) is 20.8 Å². The summed E-state index contributed by atoms with van der Waals surface area (Å²) in [5.41, 5.74) is 6.15. The molecule has 0 spiro atoms. The Labute approximate surface area is 173 Å². The molecule has 1 aliphatic heterocycles. The summed E-state index contributed by atoms with van der Waals surface area (Å²) >= 11 is 0. The van der Waals surface area contributed by atoms with Crippen LogP contribution in [0.1, 0.15) is 60.5 Å². The molecule has 1 heterocycles. The molecular formula is C24H30N2O3. The van der Waals surface area contributed by atoms with Gasteiger partial charge in [-0.2, -0.15) is 0 Å². The van der Waals surface area contributed by atoms with Gasteiger partial charge < -0.3 is 15.0 Å². The Balaban J connectivity index is 1.83. The lowest BCUT2D eigenvalue weighted by Gasteiger charge is -2.21. The number of nitrogens with zero attached hydrogens (tertiary/aromatic N) is 1. The van der Waals surface area contributed by atoms with Gasteiger partial charge in [-0.15, -0.1) is 0 Å². The van der Waals surface area contributed by atoms with Gasteiger partial charge in [-0.1, -0.05) is 43.7 Å². The lowest BCUT2D eigenvalue weighted by atomic mass is 10.0. The van der Waals surface area contributed by atoms with Crippen molar-refractivity contribution < 1.29 is 14.3 Å². The Bertz CT molecular complexity index is 949. The Morgan fingerprint density at radius 2 is 1.86 bits per heavy atom. The van der Waals surface area contributed by atoms with E-state index in [0.29, 0.717) is 19.1 Å². The minimum absolute atomic E-state index is 0.110. The van der Waals surface area contributed by atoms with E-state index in [9.17, 15) is 9.59 Å². The van der Waals surface area contributed by atoms with Crippen LogP contribution in [-0.2, 0) is 9.59 Å². The van der Waals surface area contributed by atoms with Crippen LogP contribution in [0.15, 0.2) is 30.3 Å². The number of aryl methyl sites for hydroxylation is 3. The SMILES string of the molecule is CC(=O)N[C@H]1C(=O)N(CCOc2cc(C)ccc2C(C)C)c2c(C)cc(C)cc21. The van der Waals surface area contributed by atoms with Crippen LogP contribution in [0.2, 0.25) is 0 Å². The monoisotopic (exact) mass is 394 g/mol. The van der Waals surface area contributed by atoms with Gasteiger partial charge >= 0.3 is 0 Å². The van der Waals surface area contributed by atoms with Crippen LogP contribution in [0.5, 0.6) is 5.75 Å². The topological polar surface area (TPSA) is 58.6 Å². The van der Waals surface area contributed by atoms with Gasteiger partial charge in [-0.25, -0.2) is 0 Å². The summed E-state index contributed by atoms with van der Waals surface area (Å²) in [5, 5.41) is 2.80.